The number of ether oxygens (including phenoxy) is 2. The molecule has 2 aromatic rings. The third-order valence-corrected chi connectivity index (χ3v) is 3.77. The normalized spacial score (nSPS) is 14.3. The van der Waals surface area contributed by atoms with Crippen molar-refractivity contribution in [3.63, 3.8) is 0 Å². The molecule has 4 nitrogen and oxygen atoms in total. The lowest BCUT2D eigenvalue weighted by Gasteiger charge is -2.19. The highest BCUT2D eigenvalue weighted by Gasteiger charge is 2.16. The van der Waals surface area contributed by atoms with Gasteiger partial charge in [0.15, 0.2) is 11.5 Å². The van der Waals surface area contributed by atoms with Crippen LogP contribution < -0.4 is 14.8 Å². The molecule has 22 heavy (non-hydrogen) atoms. The third kappa shape index (κ3) is 3.17. The Morgan fingerprint density at radius 2 is 1.77 bits per heavy atom. The van der Waals surface area contributed by atoms with Gasteiger partial charge < -0.3 is 14.8 Å². The fourth-order valence-electron chi connectivity index (χ4n) is 2.30. The highest BCUT2D eigenvalue weighted by molar-refractivity contribution is 6.30. The molecule has 0 aromatic heterocycles. The lowest BCUT2D eigenvalue weighted by atomic mass is 10.1. The average Bonchev–Trinajstić information content (AvgIpc) is 2.55. The van der Waals surface area contributed by atoms with Crippen molar-refractivity contribution in [2.75, 3.05) is 13.2 Å². The summed E-state index contributed by atoms with van der Waals surface area (Å²) in [6, 6.07) is 12.5. The van der Waals surface area contributed by atoms with Crippen LogP contribution >= 0.6 is 11.6 Å². The van der Waals surface area contributed by atoms with Crippen LogP contribution in [0, 0.1) is 0 Å². The van der Waals surface area contributed by atoms with Crippen molar-refractivity contribution in [3.05, 3.63) is 58.6 Å². The quantitative estimate of drug-likeness (QED) is 0.941. The van der Waals surface area contributed by atoms with E-state index in [0.29, 0.717) is 35.3 Å². The number of fused-ring (bicyclic) bond motifs is 1. The Kier molecular flexibility index (Phi) is 4.20. The summed E-state index contributed by atoms with van der Waals surface area (Å²) in [7, 11) is 0. The Hall–Kier alpha value is -2.20. The number of carbonyl (C=O) groups is 1. The zero-order chi connectivity index (χ0) is 15.5. The maximum absolute atomic E-state index is 12.3. The summed E-state index contributed by atoms with van der Waals surface area (Å²) < 4.78 is 10.9. The molecule has 0 unspecified atom stereocenters. The van der Waals surface area contributed by atoms with Crippen molar-refractivity contribution in [2.45, 2.75) is 13.0 Å². The lowest BCUT2D eigenvalue weighted by molar-refractivity contribution is 0.0938. The maximum atomic E-state index is 12.3. The molecule has 0 saturated carbocycles. The van der Waals surface area contributed by atoms with Gasteiger partial charge in [-0.1, -0.05) is 23.7 Å². The van der Waals surface area contributed by atoms with Crippen LogP contribution in [0.15, 0.2) is 42.5 Å². The van der Waals surface area contributed by atoms with Crippen LogP contribution in [-0.2, 0) is 0 Å². The Morgan fingerprint density at radius 1 is 1.09 bits per heavy atom. The van der Waals surface area contributed by atoms with Gasteiger partial charge >= 0.3 is 0 Å². The Balaban J connectivity index is 1.72. The Bertz CT molecular complexity index is 685. The van der Waals surface area contributed by atoms with E-state index in [2.05, 4.69) is 5.32 Å². The summed E-state index contributed by atoms with van der Waals surface area (Å²) in [6.45, 7) is 2.96. The number of amides is 1. The predicted octanol–water partition coefficient (Wildman–Crippen LogP) is 3.60. The van der Waals surface area contributed by atoms with Crippen LogP contribution in [-0.4, -0.2) is 19.1 Å². The van der Waals surface area contributed by atoms with E-state index in [0.717, 1.165) is 5.56 Å². The molecule has 3 rings (SSSR count). The first-order chi connectivity index (χ1) is 10.6. The van der Waals surface area contributed by atoms with Gasteiger partial charge in [-0.25, -0.2) is 0 Å². The molecule has 1 aliphatic rings. The first kappa shape index (κ1) is 14.7. The van der Waals surface area contributed by atoms with Crippen molar-refractivity contribution < 1.29 is 14.3 Å². The molecular formula is C17H16ClNO3. The number of rotatable bonds is 3. The van der Waals surface area contributed by atoms with Crippen LogP contribution in [0.1, 0.15) is 28.9 Å². The molecule has 1 heterocycles. The predicted molar refractivity (Wildman–Crippen MR) is 84.8 cm³/mol. The number of hydrogen-bond donors (Lipinski definition) is 1. The molecule has 0 fully saturated rings. The van der Waals surface area contributed by atoms with E-state index in [-0.39, 0.29) is 11.9 Å². The minimum Gasteiger partial charge on any atom is -0.486 e. The molecule has 0 radical (unpaired) electrons. The first-order valence-electron chi connectivity index (χ1n) is 7.09. The zero-order valence-corrected chi connectivity index (χ0v) is 12.9. The number of hydrogen-bond acceptors (Lipinski definition) is 3. The molecule has 1 N–H and O–H groups in total. The van der Waals surface area contributed by atoms with Gasteiger partial charge in [0.2, 0.25) is 0 Å². The summed E-state index contributed by atoms with van der Waals surface area (Å²) in [5.41, 5.74) is 1.54. The van der Waals surface area contributed by atoms with Crippen molar-refractivity contribution in [1.82, 2.24) is 5.32 Å². The maximum Gasteiger partial charge on any atom is 0.251 e. The molecule has 0 aliphatic carbocycles. The van der Waals surface area contributed by atoms with E-state index < -0.39 is 0 Å². The van der Waals surface area contributed by atoms with Crippen molar-refractivity contribution in [1.29, 1.82) is 0 Å². The van der Waals surface area contributed by atoms with Crippen LogP contribution in [0.4, 0.5) is 0 Å². The molecule has 5 heteroatoms. The van der Waals surface area contributed by atoms with E-state index in [1.54, 1.807) is 18.2 Å². The summed E-state index contributed by atoms with van der Waals surface area (Å²) >= 11 is 5.87. The van der Waals surface area contributed by atoms with E-state index in [1.807, 2.05) is 31.2 Å². The standard InChI is InChI=1S/C17H16ClNO3/c1-11(12-2-5-14(18)6-3-12)19-17(20)13-4-7-15-16(10-13)22-9-8-21-15/h2-7,10-11H,8-9H2,1H3,(H,19,20)/t11-/m0/s1. The van der Waals surface area contributed by atoms with E-state index >= 15 is 0 Å². The van der Waals surface area contributed by atoms with Crippen molar-refractivity contribution in [2.24, 2.45) is 0 Å². The molecule has 114 valence electrons. The molecule has 0 saturated heterocycles. The molecule has 1 amide bonds. The molecular weight excluding hydrogens is 302 g/mol. The summed E-state index contributed by atoms with van der Waals surface area (Å²) in [6.07, 6.45) is 0. The van der Waals surface area contributed by atoms with E-state index in [1.165, 1.54) is 0 Å². The summed E-state index contributed by atoms with van der Waals surface area (Å²) in [5, 5.41) is 3.64. The molecule has 2 aromatic carbocycles. The van der Waals surface area contributed by atoms with Crippen LogP contribution in [0.2, 0.25) is 5.02 Å². The lowest BCUT2D eigenvalue weighted by Crippen LogP contribution is -2.27. The minimum atomic E-state index is -0.153. The minimum absolute atomic E-state index is 0.113. The van der Waals surface area contributed by atoms with Gasteiger partial charge in [-0.05, 0) is 42.8 Å². The second kappa shape index (κ2) is 6.28. The van der Waals surface area contributed by atoms with Gasteiger partial charge in [0.1, 0.15) is 13.2 Å². The van der Waals surface area contributed by atoms with Gasteiger partial charge in [-0.2, -0.15) is 0 Å². The van der Waals surface area contributed by atoms with Gasteiger partial charge in [0.05, 0.1) is 6.04 Å². The number of benzene rings is 2. The fraction of sp³-hybridized carbons (Fsp3) is 0.235. The molecule has 0 bridgehead atoms. The average molecular weight is 318 g/mol. The summed E-state index contributed by atoms with van der Waals surface area (Å²) in [5.74, 6) is 1.13. The van der Waals surface area contributed by atoms with Gasteiger partial charge in [-0.3, -0.25) is 4.79 Å². The topological polar surface area (TPSA) is 47.6 Å². The monoisotopic (exact) mass is 317 g/mol. The molecule has 1 aliphatic heterocycles. The zero-order valence-electron chi connectivity index (χ0n) is 12.1. The van der Waals surface area contributed by atoms with Gasteiger partial charge in [0, 0.05) is 10.6 Å². The smallest absolute Gasteiger partial charge is 0.251 e. The SMILES string of the molecule is C[C@H](NC(=O)c1ccc2c(c1)OCCO2)c1ccc(Cl)cc1. The highest BCUT2D eigenvalue weighted by atomic mass is 35.5. The first-order valence-corrected chi connectivity index (χ1v) is 7.47. The fourth-order valence-corrected chi connectivity index (χ4v) is 2.43. The number of carbonyl (C=O) groups excluding carboxylic acids is 1. The van der Waals surface area contributed by atoms with Crippen LogP contribution in [0.25, 0.3) is 0 Å². The largest absolute Gasteiger partial charge is 0.486 e. The van der Waals surface area contributed by atoms with Crippen LogP contribution in [0.5, 0.6) is 11.5 Å². The third-order valence-electron chi connectivity index (χ3n) is 3.52. The number of halogens is 1. The van der Waals surface area contributed by atoms with E-state index in [4.69, 9.17) is 21.1 Å². The second-order valence-electron chi connectivity index (χ2n) is 5.11. The highest BCUT2D eigenvalue weighted by Crippen LogP contribution is 2.30. The van der Waals surface area contributed by atoms with Crippen molar-refractivity contribution in [3.8, 4) is 11.5 Å². The van der Waals surface area contributed by atoms with Crippen LogP contribution in [0.3, 0.4) is 0 Å². The van der Waals surface area contributed by atoms with E-state index in [9.17, 15) is 4.79 Å². The Labute approximate surface area is 134 Å². The van der Waals surface area contributed by atoms with Gasteiger partial charge in [0.25, 0.3) is 5.91 Å². The van der Waals surface area contributed by atoms with Gasteiger partial charge in [-0.15, -0.1) is 0 Å². The summed E-state index contributed by atoms with van der Waals surface area (Å²) in [4.78, 5) is 12.3. The second-order valence-corrected chi connectivity index (χ2v) is 5.54. The molecule has 1 atom stereocenters. The molecule has 0 spiro atoms. The Morgan fingerprint density at radius 3 is 2.50 bits per heavy atom. The van der Waals surface area contributed by atoms with Crippen molar-refractivity contribution >= 4 is 17.5 Å². The number of nitrogens with one attached hydrogen (secondary N) is 1.